The molecule has 6 fully saturated rings. The Labute approximate surface area is 258 Å². The van der Waals surface area contributed by atoms with Crippen molar-refractivity contribution >= 4 is 23.4 Å². The van der Waals surface area contributed by atoms with Gasteiger partial charge < -0.3 is 16.0 Å². The van der Waals surface area contributed by atoms with Gasteiger partial charge in [0.05, 0.1) is 12.7 Å². The van der Waals surface area contributed by atoms with Gasteiger partial charge in [0.2, 0.25) is 5.95 Å². The lowest BCUT2D eigenvalue weighted by atomic mass is 9.47. The van der Waals surface area contributed by atoms with E-state index >= 15 is 0 Å². The second kappa shape index (κ2) is 11.8. The van der Waals surface area contributed by atoms with E-state index in [2.05, 4.69) is 32.0 Å². The van der Waals surface area contributed by atoms with Crippen LogP contribution >= 0.6 is 11.6 Å². The van der Waals surface area contributed by atoms with Gasteiger partial charge in [-0.05, 0) is 92.6 Å². The summed E-state index contributed by atoms with van der Waals surface area (Å²) in [6.45, 7) is 1.82. The van der Waals surface area contributed by atoms with Gasteiger partial charge in [-0.1, -0.05) is 29.8 Å². The molecule has 4 bridgehead atoms. The summed E-state index contributed by atoms with van der Waals surface area (Å²) in [5, 5.41) is 21.4. The van der Waals surface area contributed by atoms with E-state index in [1.807, 2.05) is 29.2 Å². The molecule has 1 aromatic carbocycles. The first-order chi connectivity index (χ1) is 20.8. The highest BCUT2D eigenvalue weighted by atomic mass is 35.5. The molecule has 10 heteroatoms. The van der Waals surface area contributed by atoms with Gasteiger partial charge in [-0.25, -0.2) is 13.8 Å². The number of rotatable bonds is 9. The fourth-order valence-electron chi connectivity index (χ4n) is 9.41. The molecule has 5 atom stereocenters. The summed E-state index contributed by atoms with van der Waals surface area (Å²) < 4.78 is 27.5. The summed E-state index contributed by atoms with van der Waals surface area (Å²) in [5.41, 5.74) is 1.66. The largest absolute Gasteiger partial charge is 0.368 e. The second-order valence-corrected chi connectivity index (χ2v) is 14.5. The van der Waals surface area contributed by atoms with Crippen LogP contribution in [-0.4, -0.2) is 58.6 Å². The number of halogens is 3. The number of aromatic nitrogens is 2. The van der Waals surface area contributed by atoms with Crippen molar-refractivity contribution in [2.75, 3.05) is 30.3 Å². The van der Waals surface area contributed by atoms with Crippen molar-refractivity contribution in [2.45, 2.75) is 94.8 Å². The van der Waals surface area contributed by atoms with Crippen LogP contribution in [0.15, 0.2) is 30.5 Å². The van der Waals surface area contributed by atoms with Crippen LogP contribution in [0.4, 0.5) is 20.5 Å². The van der Waals surface area contributed by atoms with Crippen molar-refractivity contribution in [3.63, 3.8) is 0 Å². The van der Waals surface area contributed by atoms with Crippen LogP contribution in [0.2, 0.25) is 5.02 Å². The Morgan fingerprint density at radius 2 is 1.81 bits per heavy atom. The van der Waals surface area contributed by atoms with Crippen LogP contribution < -0.4 is 16.0 Å². The molecule has 0 spiro atoms. The average Bonchev–Trinajstić information content (AvgIpc) is 3.37. The maximum atomic E-state index is 13.8. The van der Waals surface area contributed by atoms with Gasteiger partial charge in [0.15, 0.2) is 0 Å². The maximum Gasteiger partial charge on any atom is 0.261 e. The molecule has 0 radical (unpaired) electrons. The first kappa shape index (κ1) is 29.2. The van der Waals surface area contributed by atoms with E-state index in [0.717, 1.165) is 43.7 Å². The van der Waals surface area contributed by atoms with Gasteiger partial charge >= 0.3 is 0 Å². The van der Waals surface area contributed by atoms with Crippen molar-refractivity contribution in [3.05, 3.63) is 46.6 Å². The summed E-state index contributed by atoms with van der Waals surface area (Å²) in [6.07, 6.45) is 12.1. The van der Waals surface area contributed by atoms with E-state index in [1.54, 1.807) is 6.20 Å². The molecule has 43 heavy (non-hydrogen) atoms. The molecular formula is C33H42ClF2N7. The number of benzene rings is 1. The smallest absolute Gasteiger partial charge is 0.261 e. The number of anilines is 2. The zero-order valence-electron chi connectivity index (χ0n) is 24.7. The average molecular weight is 610 g/mol. The Hall–Kier alpha value is -2.54. The highest BCUT2D eigenvalue weighted by molar-refractivity contribution is 6.31. The lowest BCUT2D eigenvalue weighted by Crippen LogP contribution is -2.61. The van der Waals surface area contributed by atoms with Crippen molar-refractivity contribution in [1.29, 1.82) is 5.26 Å². The number of likely N-dealkylation sites (tertiary alicyclic amines) is 1. The van der Waals surface area contributed by atoms with Gasteiger partial charge in [0.25, 0.3) is 5.92 Å². The molecule has 6 aliphatic rings. The third-order valence-corrected chi connectivity index (χ3v) is 11.5. The third kappa shape index (κ3) is 6.21. The molecule has 5 saturated carbocycles. The van der Waals surface area contributed by atoms with Crippen molar-refractivity contribution in [1.82, 2.24) is 20.2 Å². The third-order valence-electron chi connectivity index (χ3n) is 11.2. The van der Waals surface area contributed by atoms with E-state index < -0.39 is 5.92 Å². The number of nitriles is 1. The zero-order valence-corrected chi connectivity index (χ0v) is 25.4. The fourth-order valence-corrected chi connectivity index (χ4v) is 9.61. The van der Waals surface area contributed by atoms with Crippen LogP contribution in [0.1, 0.15) is 75.3 Å². The molecule has 0 amide bonds. The topological polar surface area (TPSA) is 88.9 Å². The number of nitrogens with zero attached hydrogens (tertiary/aromatic N) is 4. The highest BCUT2D eigenvalue weighted by Crippen LogP contribution is 2.60. The lowest BCUT2D eigenvalue weighted by Gasteiger charge is -2.61. The normalized spacial score (nSPS) is 34.7. The van der Waals surface area contributed by atoms with Crippen LogP contribution in [0, 0.1) is 34.5 Å². The second-order valence-electron chi connectivity index (χ2n) is 14.1. The molecule has 2 heterocycles. The van der Waals surface area contributed by atoms with Gasteiger partial charge in [-0.2, -0.15) is 10.2 Å². The molecule has 3 N–H and O–H groups in total. The monoisotopic (exact) mass is 609 g/mol. The summed E-state index contributed by atoms with van der Waals surface area (Å²) >= 11 is 6.31. The standard InChI is InChI=1S/C33H42ClF2N7/c34-28-4-2-1-3-22(28)17-38-31-39-18-25(16-37)30(42-31)40-19-32-13-21-11-23(14-32)29(24(12-21)15-32)41-26-5-7-27(8-6-26)43-10-9-33(35,36)20-43/h1-4,18,21,23-24,26-27,29,41H,5-15,17,19-20H2,(H2,38,39,40,42)/t21?,23-,24+,26?,27?,29-,32-. The molecule has 5 aliphatic carbocycles. The van der Waals surface area contributed by atoms with Gasteiger partial charge in [0, 0.05) is 49.2 Å². The van der Waals surface area contributed by atoms with Crippen LogP contribution in [0.3, 0.4) is 0 Å². The minimum Gasteiger partial charge on any atom is -0.368 e. The Morgan fingerprint density at radius 1 is 1.05 bits per heavy atom. The predicted octanol–water partition coefficient (Wildman–Crippen LogP) is 6.46. The molecule has 7 nitrogen and oxygen atoms in total. The fraction of sp³-hybridized carbons (Fsp3) is 0.667. The van der Waals surface area contributed by atoms with Crippen LogP contribution in [0.25, 0.3) is 0 Å². The molecule has 1 aromatic heterocycles. The first-order valence-corrected chi connectivity index (χ1v) is 16.5. The number of alkyl halides is 2. The molecule has 1 aliphatic heterocycles. The Bertz CT molecular complexity index is 1340. The van der Waals surface area contributed by atoms with E-state index in [0.29, 0.717) is 65.4 Å². The zero-order chi connectivity index (χ0) is 29.6. The van der Waals surface area contributed by atoms with E-state index in [9.17, 15) is 14.0 Å². The molecule has 8 rings (SSSR count). The van der Waals surface area contributed by atoms with E-state index in [-0.39, 0.29) is 18.4 Å². The van der Waals surface area contributed by atoms with Gasteiger partial charge in [0.1, 0.15) is 17.5 Å². The molecule has 230 valence electrons. The minimum atomic E-state index is -2.50. The summed E-state index contributed by atoms with van der Waals surface area (Å²) in [6, 6.07) is 11.3. The maximum absolute atomic E-state index is 13.8. The quantitative estimate of drug-likeness (QED) is 0.301. The highest BCUT2D eigenvalue weighted by Gasteiger charge is 2.55. The molecule has 1 unspecified atom stereocenters. The predicted molar refractivity (Wildman–Crippen MR) is 164 cm³/mol. The van der Waals surface area contributed by atoms with E-state index in [1.165, 1.54) is 32.1 Å². The Balaban J connectivity index is 0.951. The Morgan fingerprint density at radius 3 is 2.51 bits per heavy atom. The van der Waals surface area contributed by atoms with Crippen molar-refractivity contribution in [3.8, 4) is 6.07 Å². The summed E-state index contributed by atoms with van der Waals surface area (Å²) in [5.74, 6) is 0.703. The lowest BCUT2D eigenvalue weighted by molar-refractivity contribution is -0.0734. The minimum absolute atomic E-state index is 0.0189. The summed E-state index contributed by atoms with van der Waals surface area (Å²) in [4.78, 5) is 11.1. The van der Waals surface area contributed by atoms with Crippen molar-refractivity contribution in [2.24, 2.45) is 23.2 Å². The Kier molecular flexibility index (Phi) is 7.98. The van der Waals surface area contributed by atoms with Gasteiger partial charge in [-0.3, -0.25) is 4.90 Å². The number of nitrogens with one attached hydrogen (secondary N) is 3. The van der Waals surface area contributed by atoms with Crippen LogP contribution in [0.5, 0.6) is 0 Å². The van der Waals surface area contributed by atoms with Crippen molar-refractivity contribution < 1.29 is 8.78 Å². The SMILES string of the molecule is N#Cc1cnc(NCc2ccccc2Cl)nc1NC[C@]12CC3C[C@H](C1)[C@@H](NC1CCC(N4CCC(F)(F)C4)CC1)[C@@H](C3)C2. The van der Waals surface area contributed by atoms with E-state index in [4.69, 9.17) is 11.6 Å². The number of hydrogen-bond acceptors (Lipinski definition) is 7. The molecular weight excluding hydrogens is 568 g/mol. The summed E-state index contributed by atoms with van der Waals surface area (Å²) in [7, 11) is 0. The van der Waals surface area contributed by atoms with Gasteiger partial charge in [-0.15, -0.1) is 0 Å². The molecule has 2 aromatic rings. The molecule has 1 saturated heterocycles. The number of hydrogen-bond donors (Lipinski definition) is 3. The first-order valence-electron chi connectivity index (χ1n) is 16.1. The van der Waals surface area contributed by atoms with Crippen LogP contribution in [-0.2, 0) is 6.54 Å².